The van der Waals surface area contributed by atoms with Gasteiger partial charge in [0.15, 0.2) is 0 Å². The van der Waals surface area contributed by atoms with Crippen molar-refractivity contribution >= 4 is 11.0 Å². The number of rotatable bonds is 3. The lowest BCUT2D eigenvalue weighted by Gasteiger charge is -2.07. The second-order valence-electron chi connectivity index (χ2n) is 5.07. The first-order chi connectivity index (χ1) is 9.69. The smallest absolute Gasteiger partial charge is 0.141 e. The number of aromatic amines is 1. The monoisotopic (exact) mass is 266 g/mol. The zero-order chi connectivity index (χ0) is 14.1. The average molecular weight is 266 g/mol. The number of aryl methyl sites for hydroxylation is 2. The van der Waals surface area contributed by atoms with Crippen molar-refractivity contribution in [2.45, 2.75) is 20.3 Å². The van der Waals surface area contributed by atoms with Gasteiger partial charge in [0.2, 0.25) is 0 Å². The molecule has 2 heterocycles. The first kappa shape index (κ1) is 12.8. The summed E-state index contributed by atoms with van der Waals surface area (Å²) < 4.78 is 0. The first-order valence-electron chi connectivity index (χ1n) is 6.80. The molecule has 0 aliphatic rings. The zero-order valence-corrected chi connectivity index (χ0v) is 11.8. The summed E-state index contributed by atoms with van der Waals surface area (Å²) >= 11 is 0. The molecular weight excluding hydrogens is 248 g/mol. The summed E-state index contributed by atoms with van der Waals surface area (Å²) in [5.74, 6) is 0.773. The van der Waals surface area contributed by atoms with Crippen LogP contribution < -0.4 is 5.73 Å². The summed E-state index contributed by atoms with van der Waals surface area (Å²) in [6, 6.07) is 8.39. The Balaban J connectivity index is 2.30. The molecule has 0 spiro atoms. The predicted octanol–water partition coefficient (Wildman–Crippen LogP) is 2.74. The van der Waals surface area contributed by atoms with E-state index in [2.05, 4.69) is 46.1 Å². The Labute approximate surface area is 118 Å². The van der Waals surface area contributed by atoms with Gasteiger partial charge < -0.3 is 10.7 Å². The molecule has 0 atom stereocenters. The van der Waals surface area contributed by atoms with E-state index in [1.54, 1.807) is 0 Å². The molecule has 0 fully saturated rings. The number of nitrogens with two attached hydrogens (primary N) is 1. The standard InChI is InChI=1S/C16H18N4/c1-10-4-3-5-12(8-10)15-14-13(6-7-17)9-18-16(14)20-11(2)19-15/h3-5,8-9H,6-7,17H2,1-2H3,(H,18,19,20). The van der Waals surface area contributed by atoms with Crippen LogP contribution in [-0.2, 0) is 6.42 Å². The van der Waals surface area contributed by atoms with Crippen LogP contribution in [0.5, 0.6) is 0 Å². The first-order valence-corrected chi connectivity index (χ1v) is 6.80. The van der Waals surface area contributed by atoms with Gasteiger partial charge in [0.25, 0.3) is 0 Å². The van der Waals surface area contributed by atoms with Crippen LogP contribution in [0.1, 0.15) is 17.0 Å². The summed E-state index contributed by atoms with van der Waals surface area (Å²) in [5.41, 5.74) is 11.1. The highest BCUT2D eigenvalue weighted by Gasteiger charge is 2.13. The van der Waals surface area contributed by atoms with Crippen molar-refractivity contribution < 1.29 is 0 Å². The summed E-state index contributed by atoms with van der Waals surface area (Å²) in [6.45, 7) is 4.63. The molecule has 3 N–H and O–H groups in total. The van der Waals surface area contributed by atoms with E-state index >= 15 is 0 Å². The molecule has 0 aliphatic heterocycles. The number of nitrogens with one attached hydrogen (secondary N) is 1. The normalized spacial score (nSPS) is 11.2. The molecular formula is C16H18N4. The third kappa shape index (κ3) is 2.18. The van der Waals surface area contributed by atoms with E-state index in [0.717, 1.165) is 34.5 Å². The Morgan fingerprint density at radius 3 is 2.80 bits per heavy atom. The van der Waals surface area contributed by atoms with Gasteiger partial charge in [-0.25, -0.2) is 9.97 Å². The maximum absolute atomic E-state index is 5.70. The molecule has 0 saturated carbocycles. The van der Waals surface area contributed by atoms with E-state index in [1.165, 1.54) is 11.1 Å². The minimum atomic E-state index is 0.619. The fourth-order valence-electron chi connectivity index (χ4n) is 2.56. The SMILES string of the molecule is Cc1cccc(-c2nc(C)nc3[nH]cc(CCN)c23)c1. The summed E-state index contributed by atoms with van der Waals surface area (Å²) in [7, 11) is 0. The lowest BCUT2D eigenvalue weighted by atomic mass is 10.0. The Kier molecular flexibility index (Phi) is 3.24. The Morgan fingerprint density at radius 1 is 1.20 bits per heavy atom. The lowest BCUT2D eigenvalue weighted by molar-refractivity contribution is 0.976. The highest BCUT2D eigenvalue weighted by atomic mass is 14.9. The number of fused-ring (bicyclic) bond motifs is 1. The number of hydrogen-bond acceptors (Lipinski definition) is 3. The van der Waals surface area contributed by atoms with Crippen LogP contribution in [0, 0.1) is 13.8 Å². The van der Waals surface area contributed by atoms with E-state index in [-0.39, 0.29) is 0 Å². The Hall–Kier alpha value is -2.20. The van der Waals surface area contributed by atoms with E-state index in [4.69, 9.17) is 5.73 Å². The van der Waals surface area contributed by atoms with E-state index in [0.29, 0.717) is 6.54 Å². The number of H-pyrrole nitrogens is 1. The van der Waals surface area contributed by atoms with Crippen LogP contribution >= 0.6 is 0 Å². The average Bonchev–Trinajstić information content (AvgIpc) is 2.81. The fourth-order valence-corrected chi connectivity index (χ4v) is 2.56. The fraction of sp³-hybridized carbons (Fsp3) is 0.250. The maximum Gasteiger partial charge on any atom is 0.141 e. The van der Waals surface area contributed by atoms with Gasteiger partial charge in [-0.3, -0.25) is 0 Å². The highest BCUT2D eigenvalue weighted by molar-refractivity contribution is 5.93. The van der Waals surface area contributed by atoms with Crippen LogP contribution in [0.25, 0.3) is 22.3 Å². The second kappa shape index (κ2) is 5.06. The maximum atomic E-state index is 5.70. The van der Waals surface area contributed by atoms with E-state index in [1.807, 2.05) is 13.1 Å². The third-order valence-electron chi connectivity index (χ3n) is 3.43. The highest BCUT2D eigenvalue weighted by Crippen LogP contribution is 2.29. The van der Waals surface area contributed by atoms with E-state index in [9.17, 15) is 0 Å². The van der Waals surface area contributed by atoms with Crippen molar-refractivity contribution in [2.24, 2.45) is 5.73 Å². The van der Waals surface area contributed by atoms with Crippen molar-refractivity contribution in [3.63, 3.8) is 0 Å². The van der Waals surface area contributed by atoms with Crippen LogP contribution in [0.3, 0.4) is 0 Å². The number of nitrogens with zero attached hydrogens (tertiary/aromatic N) is 2. The summed E-state index contributed by atoms with van der Waals surface area (Å²) in [6.07, 6.45) is 2.82. The van der Waals surface area contributed by atoms with Crippen molar-refractivity contribution in [1.82, 2.24) is 15.0 Å². The molecule has 1 aromatic carbocycles. The van der Waals surface area contributed by atoms with Crippen molar-refractivity contribution in [3.8, 4) is 11.3 Å². The molecule has 3 aromatic rings. The van der Waals surface area contributed by atoms with Gasteiger partial charge in [-0.2, -0.15) is 0 Å². The molecule has 0 unspecified atom stereocenters. The molecule has 0 bridgehead atoms. The summed E-state index contributed by atoms with van der Waals surface area (Å²) in [5, 5.41) is 1.09. The summed E-state index contributed by atoms with van der Waals surface area (Å²) in [4.78, 5) is 12.4. The molecule has 4 nitrogen and oxygen atoms in total. The van der Waals surface area contributed by atoms with Crippen LogP contribution in [-0.4, -0.2) is 21.5 Å². The van der Waals surface area contributed by atoms with Gasteiger partial charge in [-0.05, 0) is 38.4 Å². The minimum Gasteiger partial charge on any atom is -0.346 e. The van der Waals surface area contributed by atoms with Crippen LogP contribution in [0.4, 0.5) is 0 Å². The Bertz CT molecular complexity index is 758. The quantitative estimate of drug-likeness (QED) is 0.766. The van der Waals surface area contributed by atoms with Crippen molar-refractivity contribution in [3.05, 3.63) is 47.4 Å². The van der Waals surface area contributed by atoms with Gasteiger partial charge >= 0.3 is 0 Å². The largest absolute Gasteiger partial charge is 0.346 e. The van der Waals surface area contributed by atoms with Gasteiger partial charge in [0.05, 0.1) is 5.69 Å². The molecule has 0 amide bonds. The number of hydrogen-bond donors (Lipinski definition) is 2. The molecule has 102 valence electrons. The van der Waals surface area contributed by atoms with Gasteiger partial charge in [-0.1, -0.05) is 23.8 Å². The van der Waals surface area contributed by atoms with Crippen molar-refractivity contribution in [1.29, 1.82) is 0 Å². The second-order valence-corrected chi connectivity index (χ2v) is 5.07. The lowest BCUT2D eigenvalue weighted by Crippen LogP contribution is -2.03. The molecule has 3 rings (SSSR count). The topological polar surface area (TPSA) is 67.6 Å². The van der Waals surface area contributed by atoms with Gasteiger partial charge in [-0.15, -0.1) is 0 Å². The van der Waals surface area contributed by atoms with Gasteiger partial charge in [0.1, 0.15) is 11.5 Å². The minimum absolute atomic E-state index is 0.619. The Morgan fingerprint density at radius 2 is 2.05 bits per heavy atom. The van der Waals surface area contributed by atoms with Crippen LogP contribution in [0.2, 0.25) is 0 Å². The third-order valence-corrected chi connectivity index (χ3v) is 3.43. The zero-order valence-electron chi connectivity index (χ0n) is 11.8. The molecule has 0 radical (unpaired) electrons. The molecule has 0 saturated heterocycles. The predicted molar refractivity (Wildman–Crippen MR) is 81.6 cm³/mol. The van der Waals surface area contributed by atoms with E-state index < -0.39 is 0 Å². The molecule has 20 heavy (non-hydrogen) atoms. The molecule has 2 aromatic heterocycles. The van der Waals surface area contributed by atoms with Crippen molar-refractivity contribution in [2.75, 3.05) is 6.54 Å². The number of aromatic nitrogens is 3. The number of benzene rings is 1. The van der Waals surface area contributed by atoms with Gasteiger partial charge in [0, 0.05) is 17.1 Å². The van der Waals surface area contributed by atoms with Crippen LogP contribution in [0.15, 0.2) is 30.5 Å². The molecule has 0 aliphatic carbocycles. The molecule has 4 heteroatoms.